The summed E-state index contributed by atoms with van der Waals surface area (Å²) in [4.78, 5) is 44.6. The summed E-state index contributed by atoms with van der Waals surface area (Å²) in [6, 6.07) is 8.42. The molecule has 3 aliphatic rings. The van der Waals surface area contributed by atoms with Crippen molar-refractivity contribution in [1.29, 1.82) is 0 Å². The van der Waals surface area contributed by atoms with Gasteiger partial charge in [-0.25, -0.2) is 0 Å². The van der Waals surface area contributed by atoms with Crippen molar-refractivity contribution in [2.45, 2.75) is 61.2 Å². The van der Waals surface area contributed by atoms with Gasteiger partial charge in [-0.1, -0.05) is 42.5 Å². The molecule has 1 aromatic carbocycles. The number of fused-ring (bicyclic) bond motifs is 1. The van der Waals surface area contributed by atoms with E-state index in [9.17, 15) is 19.5 Å². The second-order valence-corrected chi connectivity index (χ2v) is 11.5. The number of ether oxygens (including phenoxy) is 1. The molecule has 2 unspecified atom stereocenters. The molecule has 6 atom stereocenters. The van der Waals surface area contributed by atoms with Gasteiger partial charge in [0.2, 0.25) is 11.8 Å². The van der Waals surface area contributed by atoms with E-state index < -0.39 is 28.7 Å². The fraction of sp³-hybridized carbons (Fsp3) is 0.536. The predicted molar refractivity (Wildman–Crippen MR) is 140 cm³/mol. The molecule has 194 valence electrons. The first-order chi connectivity index (χ1) is 17.4. The van der Waals surface area contributed by atoms with Crippen LogP contribution in [0.15, 0.2) is 55.6 Å². The van der Waals surface area contributed by atoms with E-state index in [-0.39, 0.29) is 36.2 Å². The third-order valence-electron chi connectivity index (χ3n) is 7.66. The van der Waals surface area contributed by atoms with Gasteiger partial charge in [-0.3, -0.25) is 14.4 Å². The average molecular weight is 513 g/mol. The lowest BCUT2D eigenvalue weighted by atomic mass is 9.71. The molecule has 2 amide bonds. The number of rotatable bonds is 12. The van der Waals surface area contributed by atoms with Crippen LogP contribution in [-0.2, 0) is 25.7 Å². The Hall–Kier alpha value is -2.58. The molecule has 7 nitrogen and oxygen atoms in total. The highest BCUT2D eigenvalue weighted by molar-refractivity contribution is 8.02. The Labute approximate surface area is 217 Å². The van der Waals surface area contributed by atoms with Crippen LogP contribution in [0.3, 0.4) is 0 Å². The van der Waals surface area contributed by atoms with Gasteiger partial charge in [0, 0.05) is 18.3 Å². The number of carbonyl (C=O) groups is 3. The van der Waals surface area contributed by atoms with Crippen LogP contribution < -0.4 is 0 Å². The van der Waals surface area contributed by atoms with E-state index in [1.54, 1.807) is 40.6 Å². The first kappa shape index (κ1) is 26.5. The summed E-state index contributed by atoms with van der Waals surface area (Å²) in [6.07, 6.45) is 6.35. The number of thioether (sulfide) groups is 1. The molecule has 0 aromatic heterocycles. The maximum Gasteiger partial charge on any atom is 0.310 e. The number of hydrogen-bond donors (Lipinski definition) is 1. The predicted octanol–water partition coefficient (Wildman–Crippen LogP) is 3.18. The van der Waals surface area contributed by atoms with Crippen LogP contribution in [0.5, 0.6) is 0 Å². The SMILES string of the molecule is C=CCCCOC(=O)[C@@H]1[C@@H]2CCC3(S2)C(C(=O)N(CC=C)Cc2ccccc2)N([C@H](C)CO)C(=O)[C@H]13. The smallest absolute Gasteiger partial charge is 0.310 e. The van der Waals surface area contributed by atoms with Gasteiger partial charge in [0.25, 0.3) is 0 Å². The van der Waals surface area contributed by atoms with E-state index in [2.05, 4.69) is 13.2 Å². The maximum atomic E-state index is 14.2. The maximum absolute atomic E-state index is 14.2. The zero-order valence-corrected chi connectivity index (χ0v) is 21.7. The quantitative estimate of drug-likeness (QED) is 0.263. The second-order valence-electron chi connectivity index (χ2n) is 9.92. The Balaban J connectivity index is 1.66. The Morgan fingerprint density at radius 3 is 2.72 bits per heavy atom. The monoisotopic (exact) mass is 512 g/mol. The summed E-state index contributed by atoms with van der Waals surface area (Å²) in [5.41, 5.74) is 0.984. The van der Waals surface area contributed by atoms with Gasteiger partial charge in [0.1, 0.15) is 6.04 Å². The topological polar surface area (TPSA) is 87.2 Å². The Bertz CT molecular complexity index is 1000. The van der Waals surface area contributed by atoms with Crippen molar-refractivity contribution in [3.63, 3.8) is 0 Å². The molecule has 3 aliphatic heterocycles. The highest BCUT2D eigenvalue weighted by Crippen LogP contribution is 2.66. The van der Waals surface area contributed by atoms with E-state index in [4.69, 9.17) is 4.74 Å². The number of unbranched alkanes of at least 4 members (excludes halogenated alkanes) is 1. The summed E-state index contributed by atoms with van der Waals surface area (Å²) in [7, 11) is 0. The van der Waals surface area contributed by atoms with Crippen LogP contribution in [0, 0.1) is 11.8 Å². The Morgan fingerprint density at radius 2 is 2.06 bits per heavy atom. The van der Waals surface area contributed by atoms with Gasteiger partial charge in [0.15, 0.2) is 0 Å². The number of esters is 1. The highest BCUT2D eigenvalue weighted by atomic mass is 32.2. The fourth-order valence-electron chi connectivity index (χ4n) is 6.06. The van der Waals surface area contributed by atoms with E-state index >= 15 is 0 Å². The lowest BCUT2D eigenvalue weighted by Gasteiger charge is -2.38. The number of benzene rings is 1. The molecule has 3 fully saturated rings. The van der Waals surface area contributed by atoms with Crippen molar-refractivity contribution < 1.29 is 24.2 Å². The van der Waals surface area contributed by atoms with Crippen molar-refractivity contribution in [3.8, 4) is 0 Å². The van der Waals surface area contributed by atoms with Crippen molar-refractivity contribution in [2.24, 2.45) is 11.8 Å². The van der Waals surface area contributed by atoms with Gasteiger partial charge in [0.05, 0.1) is 35.8 Å². The zero-order valence-electron chi connectivity index (χ0n) is 20.9. The van der Waals surface area contributed by atoms with Crippen molar-refractivity contribution in [3.05, 3.63) is 61.2 Å². The van der Waals surface area contributed by atoms with Crippen LogP contribution in [0.2, 0.25) is 0 Å². The van der Waals surface area contributed by atoms with Crippen molar-refractivity contribution >= 4 is 29.5 Å². The van der Waals surface area contributed by atoms with Gasteiger partial charge in [-0.2, -0.15) is 0 Å². The first-order valence-electron chi connectivity index (χ1n) is 12.7. The van der Waals surface area contributed by atoms with Crippen LogP contribution in [0.1, 0.15) is 38.2 Å². The van der Waals surface area contributed by atoms with Gasteiger partial charge >= 0.3 is 5.97 Å². The number of carbonyl (C=O) groups excluding carboxylic acids is 3. The summed E-state index contributed by atoms with van der Waals surface area (Å²) in [5.74, 6) is -1.95. The number of aliphatic hydroxyl groups is 1. The second kappa shape index (κ2) is 11.2. The lowest BCUT2D eigenvalue weighted by molar-refractivity contribution is -0.154. The summed E-state index contributed by atoms with van der Waals surface area (Å²) in [5, 5.41) is 9.97. The molecule has 3 heterocycles. The average Bonchev–Trinajstić information content (AvgIpc) is 3.53. The molecule has 3 saturated heterocycles. The van der Waals surface area contributed by atoms with Crippen molar-refractivity contribution in [2.75, 3.05) is 19.8 Å². The van der Waals surface area contributed by atoms with Crippen LogP contribution in [0.4, 0.5) is 0 Å². The molecule has 2 bridgehead atoms. The number of aliphatic hydroxyl groups excluding tert-OH is 1. The normalized spacial score (nSPS) is 29.1. The Morgan fingerprint density at radius 1 is 1.31 bits per heavy atom. The summed E-state index contributed by atoms with van der Waals surface area (Å²) < 4.78 is 4.88. The molecular formula is C28H36N2O5S. The summed E-state index contributed by atoms with van der Waals surface area (Å²) >= 11 is 1.61. The molecule has 1 spiro atoms. The number of nitrogens with zero attached hydrogens (tertiary/aromatic N) is 2. The van der Waals surface area contributed by atoms with Crippen LogP contribution >= 0.6 is 11.8 Å². The number of allylic oxidation sites excluding steroid dienone is 1. The first-order valence-corrected chi connectivity index (χ1v) is 13.6. The largest absolute Gasteiger partial charge is 0.465 e. The Kier molecular flexibility index (Phi) is 8.25. The standard InChI is InChI=1S/C28H36N2O5S/c1-4-6-10-16-35-27(34)22-21-13-14-28(36-21)23(22)25(32)30(19(3)18-31)24(28)26(33)29(15-5-2)17-20-11-8-7-9-12-20/h4-5,7-9,11-12,19,21-24,31H,1-2,6,10,13-18H2,3H3/t19-,21+,22-,23+,24?,28?/m1/s1. The summed E-state index contributed by atoms with van der Waals surface area (Å²) in [6.45, 7) is 10.0. The zero-order chi connectivity index (χ0) is 25.9. The van der Waals surface area contributed by atoms with E-state index in [1.165, 1.54) is 0 Å². The molecule has 8 heteroatoms. The number of likely N-dealkylation sites (tertiary alicyclic amines) is 1. The van der Waals surface area contributed by atoms with Crippen LogP contribution in [-0.4, -0.2) is 74.5 Å². The molecule has 0 radical (unpaired) electrons. The molecule has 1 N–H and O–H groups in total. The van der Waals surface area contributed by atoms with Gasteiger partial charge in [-0.05, 0) is 38.2 Å². The molecule has 0 aliphatic carbocycles. The molecular weight excluding hydrogens is 476 g/mol. The molecule has 36 heavy (non-hydrogen) atoms. The van der Waals surface area contributed by atoms with E-state index in [1.807, 2.05) is 30.3 Å². The van der Waals surface area contributed by atoms with Crippen LogP contribution in [0.25, 0.3) is 0 Å². The third kappa shape index (κ3) is 4.61. The molecule has 1 aromatic rings. The third-order valence-corrected chi connectivity index (χ3v) is 9.61. The molecule has 4 rings (SSSR count). The number of amides is 2. The van der Waals surface area contributed by atoms with Crippen molar-refractivity contribution in [1.82, 2.24) is 9.80 Å². The van der Waals surface area contributed by atoms with E-state index in [0.29, 0.717) is 25.9 Å². The molecule has 0 saturated carbocycles. The number of hydrogen-bond acceptors (Lipinski definition) is 6. The van der Waals surface area contributed by atoms with Gasteiger partial charge in [-0.15, -0.1) is 24.9 Å². The highest BCUT2D eigenvalue weighted by Gasteiger charge is 2.74. The minimum Gasteiger partial charge on any atom is -0.465 e. The van der Waals surface area contributed by atoms with E-state index in [0.717, 1.165) is 18.4 Å². The minimum atomic E-state index is -0.755. The fourth-order valence-corrected chi connectivity index (χ4v) is 8.25. The van der Waals surface area contributed by atoms with Gasteiger partial charge < -0.3 is 19.6 Å². The lowest BCUT2D eigenvalue weighted by Crippen LogP contribution is -2.56. The minimum absolute atomic E-state index is 0.0466.